The fourth-order valence-electron chi connectivity index (χ4n) is 3.59. The van der Waals surface area contributed by atoms with Gasteiger partial charge < -0.3 is 10.6 Å². The summed E-state index contributed by atoms with van der Waals surface area (Å²) in [6.45, 7) is 10.2. The van der Waals surface area contributed by atoms with Crippen molar-refractivity contribution < 1.29 is 4.68 Å². The zero-order chi connectivity index (χ0) is 21.7. The van der Waals surface area contributed by atoms with Crippen LogP contribution in [-0.2, 0) is 0 Å². The minimum Gasteiger partial charge on any atom is -0.384 e. The Bertz CT molecular complexity index is 920. The van der Waals surface area contributed by atoms with Crippen molar-refractivity contribution in [1.82, 2.24) is 4.98 Å². The Morgan fingerprint density at radius 1 is 0.867 bits per heavy atom. The molecule has 0 aliphatic rings. The highest BCUT2D eigenvalue weighted by atomic mass is 15.6. The molecule has 6 heteroatoms. The molecule has 0 radical (unpaired) electrons. The number of nitrogens with one attached hydrogen (secondary N) is 2. The molecule has 0 atom stereocenters. The molecular formula is C24H33N6+. The maximum Gasteiger partial charge on any atom is 0.421 e. The van der Waals surface area contributed by atoms with Crippen LogP contribution < -0.4 is 25.2 Å². The predicted molar refractivity (Wildman–Crippen MR) is 127 cm³/mol. The lowest BCUT2D eigenvalue weighted by Crippen LogP contribution is -2.55. The predicted octanol–water partition coefficient (Wildman–Crippen LogP) is 4.52. The van der Waals surface area contributed by atoms with Crippen LogP contribution in [0.4, 0.5) is 28.7 Å². The summed E-state index contributed by atoms with van der Waals surface area (Å²) in [7, 11) is 4.11. The largest absolute Gasteiger partial charge is 0.421 e. The van der Waals surface area contributed by atoms with Crippen LogP contribution in [0.3, 0.4) is 0 Å². The van der Waals surface area contributed by atoms with Gasteiger partial charge in [0.25, 0.3) is 0 Å². The molecule has 158 valence electrons. The summed E-state index contributed by atoms with van der Waals surface area (Å²) in [6.07, 6.45) is 3.87. The summed E-state index contributed by atoms with van der Waals surface area (Å²) < 4.78 is 2.07. The highest BCUT2D eigenvalue weighted by Gasteiger charge is 2.25. The second-order valence-electron chi connectivity index (χ2n) is 7.45. The van der Waals surface area contributed by atoms with Crippen LogP contribution in [0, 0.1) is 13.8 Å². The first-order valence-corrected chi connectivity index (χ1v) is 10.5. The zero-order valence-electron chi connectivity index (χ0n) is 18.9. The molecule has 0 aliphatic heterocycles. The van der Waals surface area contributed by atoms with Crippen molar-refractivity contribution >= 4 is 28.7 Å². The average Bonchev–Trinajstić information content (AvgIpc) is 2.74. The Balaban J connectivity index is 2.05. The molecule has 0 saturated heterocycles. The van der Waals surface area contributed by atoms with Crippen molar-refractivity contribution in [1.29, 1.82) is 0 Å². The number of anilines is 5. The van der Waals surface area contributed by atoms with Gasteiger partial charge in [0, 0.05) is 26.2 Å². The summed E-state index contributed by atoms with van der Waals surface area (Å²) in [5, 5.41) is 9.08. The van der Waals surface area contributed by atoms with Gasteiger partial charge in [0.2, 0.25) is 0 Å². The first-order chi connectivity index (χ1) is 14.5. The van der Waals surface area contributed by atoms with E-state index in [2.05, 4.69) is 103 Å². The molecule has 0 unspecified atom stereocenters. The molecular weight excluding hydrogens is 372 g/mol. The van der Waals surface area contributed by atoms with Crippen LogP contribution in [0.5, 0.6) is 0 Å². The van der Waals surface area contributed by atoms with E-state index >= 15 is 0 Å². The van der Waals surface area contributed by atoms with Gasteiger partial charge in [-0.3, -0.25) is 0 Å². The fraction of sp³-hybridized carbons (Fsp3) is 0.333. The second-order valence-corrected chi connectivity index (χ2v) is 7.45. The van der Waals surface area contributed by atoms with Gasteiger partial charge in [0.05, 0.1) is 30.3 Å². The number of aromatic nitrogens is 2. The van der Waals surface area contributed by atoms with E-state index in [1.807, 2.05) is 18.5 Å². The van der Waals surface area contributed by atoms with Gasteiger partial charge in [0.1, 0.15) is 11.9 Å². The van der Waals surface area contributed by atoms with E-state index in [4.69, 9.17) is 4.98 Å². The normalized spacial score (nSPS) is 10.6. The molecule has 0 aliphatic carbocycles. The van der Waals surface area contributed by atoms with Crippen molar-refractivity contribution in [2.75, 3.05) is 47.7 Å². The van der Waals surface area contributed by atoms with Crippen LogP contribution in [0.1, 0.15) is 25.0 Å². The molecule has 1 aromatic heterocycles. The molecule has 3 aromatic rings. The van der Waals surface area contributed by atoms with E-state index in [0.717, 1.165) is 41.8 Å². The molecule has 0 saturated carbocycles. The first kappa shape index (κ1) is 21.4. The van der Waals surface area contributed by atoms with Crippen LogP contribution in [-0.4, -0.2) is 32.2 Å². The lowest BCUT2D eigenvalue weighted by atomic mass is 10.1. The van der Waals surface area contributed by atoms with Gasteiger partial charge in [-0.05, 0) is 63.1 Å². The average molecular weight is 406 g/mol. The van der Waals surface area contributed by atoms with E-state index in [1.54, 1.807) is 0 Å². The maximum atomic E-state index is 4.72. The topological polar surface area (TPSA) is 47.3 Å². The van der Waals surface area contributed by atoms with Crippen molar-refractivity contribution in [3.8, 4) is 0 Å². The summed E-state index contributed by atoms with van der Waals surface area (Å²) >= 11 is 0. The quantitative estimate of drug-likeness (QED) is 0.540. The van der Waals surface area contributed by atoms with Gasteiger partial charge in [-0.25, -0.2) is 9.91 Å². The van der Waals surface area contributed by atoms with Crippen molar-refractivity contribution in [2.24, 2.45) is 0 Å². The molecule has 0 fully saturated rings. The van der Waals surface area contributed by atoms with Gasteiger partial charge >= 0.3 is 5.95 Å². The standard InChI is InChI=1S/C24H33N6/c1-7-25-20-16-18(3)10-12-22(20)28(5)24-27-14-9-15-30(24)29(6)23-13-11-19(4)17-21(23)26-8-2/h9-17,25-26H,7-8H2,1-6H3/q+1. The molecule has 30 heavy (non-hydrogen) atoms. The molecule has 0 bridgehead atoms. The number of rotatable bonds is 8. The highest BCUT2D eigenvalue weighted by Crippen LogP contribution is 2.30. The Labute approximate surface area is 180 Å². The Hall–Kier alpha value is -3.28. The summed E-state index contributed by atoms with van der Waals surface area (Å²) in [5.41, 5.74) is 6.83. The second kappa shape index (κ2) is 9.48. The Morgan fingerprint density at radius 2 is 1.43 bits per heavy atom. The molecule has 6 nitrogen and oxygen atoms in total. The van der Waals surface area contributed by atoms with Crippen molar-refractivity contribution in [3.05, 3.63) is 66.0 Å². The lowest BCUT2D eigenvalue weighted by molar-refractivity contribution is -0.671. The highest BCUT2D eigenvalue weighted by molar-refractivity contribution is 5.74. The summed E-state index contributed by atoms with van der Waals surface area (Å²) in [6, 6.07) is 14.9. The minimum absolute atomic E-state index is 0.825. The molecule has 3 rings (SSSR count). The SMILES string of the molecule is CCNc1cc(C)ccc1N(C)c1nccc[n+]1N(C)c1ccc(C)cc1NCC. The summed E-state index contributed by atoms with van der Waals surface area (Å²) in [4.78, 5) is 6.84. The van der Waals surface area contributed by atoms with Crippen LogP contribution in [0.2, 0.25) is 0 Å². The van der Waals surface area contributed by atoms with Crippen LogP contribution >= 0.6 is 0 Å². The molecule has 1 heterocycles. The number of aryl methyl sites for hydroxylation is 2. The van der Waals surface area contributed by atoms with Crippen molar-refractivity contribution in [2.45, 2.75) is 27.7 Å². The molecule has 0 amide bonds. The monoisotopic (exact) mass is 405 g/mol. The molecule has 2 aromatic carbocycles. The summed E-state index contributed by atoms with van der Waals surface area (Å²) in [5.74, 6) is 0.825. The van der Waals surface area contributed by atoms with Gasteiger partial charge in [-0.15, -0.1) is 4.68 Å². The maximum absolute atomic E-state index is 4.72. The fourth-order valence-corrected chi connectivity index (χ4v) is 3.59. The molecule has 0 spiro atoms. The van der Waals surface area contributed by atoms with E-state index in [9.17, 15) is 0 Å². The Morgan fingerprint density at radius 3 is 2.03 bits per heavy atom. The lowest BCUT2D eigenvalue weighted by Gasteiger charge is -2.25. The third-order valence-electron chi connectivity index (χ3n) is 5.08. The molecule has 2 N–H and O–H groups in total. The Kier molecular flexibility index (Phi) is 6.77. The number of hydrogen-bond donors (Lipinski definition) is 2. The van der Waals surface area contributed by atoms with E-state index in [-0.39, 0.29) is 0 Å². The first-order valence-electron chi connectivity index (χ1n) is 10.5. The van der Waals surface area contributed by atoms with Crippen LogP contribution in [0.15, 0.2) is 54.9 Å². The number of hydrogen-bond acceptors (Lipinski definition) is 5. The van der Waals surface area contributed by atoms with Gasteiger partial charge in [-0.2, -0.15) is 0 Å². The van der Waals surface area contributed by atoms with Gasteiger partial charge in [0.15, 0.2) is 0 Å². The van der Waals surface area contributed by atoms with Crippen molar-refractivity contribution in [3.63, 3.8) is 0 Å². The third kappa shape index (κ3) is 4.48. The smallest absolute Gasteiger partial charge is 0.384 e. The van der Waals surface area contributed by atoms with Crippen LogP contribution in [0.25, 0.3) is 0 Å². The van der Waals surface area contributed by atoms with Gasteiger partial charge in [-0.1, -0.05) is 17.1 Å². The van der Waals surface area contributed by atoms with E-state index in [0.29, 0.717) is 0 Å². The number of nitrogens with zero attached hydrogens (tertiary/aromatic N) is 4. The third-order valence-corrected chi connectivity index (χ3v) is 5.08. The van der Waals surface area contributed by atoms with E-state index in [1.165, 1.54) is 11.1 Å². The van der Waals surface area contributed by atoms with E-state index < -0.39 is 0 Å². The number of benzene rings is 2. The zero-order valence-corrected chi connectivity index (χ0v) is 18.9. The minimum atomic E-state index is 0.825.